The van der Waals surface area contributed by atoms with E-state index in [9.17, 15) is 0 Å². The number of benzene rings is 1. The van der Waals surface area contributed by atoms with Crippen molar-refractivity contribution >= 4 is 36.5 Å². The van der Waals surface area contributed by atoms with E-state index in [0.29, 0.717) is 22.8 Å². The minimum Gasteiger partial charge on any atom is -0.390 e. The Morgan fingerprint density at radius 3 is 1.06 bits per heavy atom. The Balaban J connectivity index is 0.911. The summed E-state index contributed by atoms with van der Waals surface area (Å²) in [6.07, 6.45) is 9.86. The molecule has 0 radical (unpaired) electrons. The molecule has 0 unspecified atom stereocenters. The van der Waals surface area contributed by atoms with E-state index in [1.807, 2.05) is 80.6 Å². The van der Waals surface area contributed by atoms with Gasteiger partial charge in [-0.15, -0.1) is 0 Å². The largest absolute Gasteiger partial charge is 0.737 e. The molecule has 90 heavy (non-hydrogen) atoms. The van der Waals surface area contributed by atoms with Gasteiger partial charge in [0.15, 0.2) is 11.4 Å². The third-order valence-electron chi connectivity index (χ3n) is 22.0. The summed E-state index contributed by atoms with van der Waals surface area (Å²) in [6, 6.07) is 43.0. The summed E-state index contributed by atoms with van der Waals surface area (Å²) < 4.78 is 40.6. The minimum absolute atomic E-state index is 0.341. The number of fused-ring (bicyclic) bond motifs is 18. The van der Waals surface area contributed by atoms with Crippen LogP contribution in [0.15, 0.2) is 145 Å². The Labute approximate surface area is 528 Å². The third kappa shape index (κ3) is 8.49. The van der Waals surface area contributed by atoms with Crippen molar-refractivity contribution in [3.8, 4) is 0 Å². The van der Waals surface area contributed by atoms with Gasteiger partial charge in [-0.25, -0.2) is 0 Å². The number of halogens is 2. The van der Waals surface area contributed by atoms with Crippen LogP contribution in [0.4, 0.5) is 8.63 Å². The standard InChI is InChI=1S/C77H87BF2N10/c1-44-40-49(26-24-47-42-63-74(11,12)59-34-32-55(83-59)70(3,4)51-28-30-53(81-51)72(7,8)57-36-38-61(85-57)76(15,16)68(47)87-63)89-66(44)65(46-22-20-19-21-23-46)67-45(2)41-50(90(67)78(89,79)80)27-25-48-43-64-75(13,14)60-35-33-56(84-60)71(5,6)52-29-31-54(82-52)73(9,10)58-37-39-62(86-58)77(17,18)69(48)88-64/h19-43,81-88H,1-18H3/b26-24+,27-25+. The van der Waals surface area contributed by atoms with Crippen LogP contribution in [0.2, 0.25) is 0 Å². The van der Waals surface area contributed by atoms with Crippen molar-refractivity contribution in [3.05, 3.63) is 269 Å². The van der Waals surface area contributed by atoms with Gasteiger partial charge in [0.2, 0.25) is 0 Å². The molecule has 16 bridgehead atoms. The highest BCUT2D eigenvalue weighted by atomic mass is 19.2. The molecule has 10 aromatic rings. The van der Waals surface area contributed by atoms with E-state index in [2.05, 4.69) is 236 Å². The summed E-state index contributed by atoms with van der Waals surface area (Å²) in [5, 5.41) is 0. The summed E-state index contributed by atoms with van der Waals surface area (Å²) in [5.74, 6) is 0. The molecule has 0 spiro atoms. The molecule has 4 aliphatic rings. The SMILES string of the molecule is CC1=CC(/C=C/c2cc3[nH]c2C(C)(C)c2ccc([nH]2)C(C)(C)c2ccc([nH]2)C(C)(C)c2ccc([nH]2)C3(C)C)=[N+]2C1=C(c1ccccc1)c1c(C)cc(/C=C/c3cc4[nH]c3C(C)(C)c3ccc([nH]3)C(C)(C)c3ccc([nH]3)C(C)(C)c3ccc([nH]3)C4(C)C)n1[B-]2(F)F. The molecule has 1 aromatic carbocycles. The molecule has 0 atom stereocenters. The first-order chi connectivity index (χ1) is 42.2. The Bertz CT molecular complexity index is 4720. The van der Waals surface area contributed by atoms with E-state index in [4.69, 9.17) is 0 Å². The fourth-order valence-corrected chi connectivity index (χ4v) is 15.2. The number of aromatic amines is 8. The summed E-state index contributed by atoms with van der Waals surface area (Å²) in [7, 11) is 0. The molecule has 0 saturated heterocycles. The average molecular weight is 1200 g/mol. The van der Waals surface area contributed by atoms with Crippen LogP contribution in [0.1, 0.15) is 242 Å². The number of nitrogens with zero attached hydrogens (tertiary/aromatic N) is 2. The lowest BCUT2D eigenvalue weighted by molar-refractivity contribution is -0.362. The number of aromatic nitrogens is 9. The van der Waals surface area contributed by atoms with Crippen LogP contribution in [-0.2, 0) is 43.3 Å². The normalized spacial score (nSPS) is 20.2. The lowest BCUT2D eigenvalue weighted by Gasteiger charge is -2.34. The van der Waals surface area contributed by atoms with Crippen LogP contribution < -0.4 is 0 Å². The molecular formula is C77H87BF2N10. The van der Waals surface area contributed by atoms with Gasteiger partial charge in [0.25, 0.3) is 0 Å². The monoisotopic (exact) mass is 1200 g/mol. The van der Waals surface area contributed by atoms with E-state index >= 15 is 8.63 Å². The van der Waals surface area contributed by atoms with Crippen molar-refractivity contribution in [1.82, 2.24) is 44.3 Å². The molecule has 462 valence electrons. The fraction of sp³-hybridized carbons (Fsp3) is 0.338. The average Bonchev–Trinajstić information content (AvgIpc) is 1.50. The highest BCUT2D eigenvalue weighted by molar-refractivity contribution is 6.58. The first-order valence-electron chi connectivity index (χ1n) is 32.1. The fourth-order valence-electron chi connectivity index (χ4n) is 15.2. The van der Waals surface area contributed by atoms with Crippen molar-refractivity contribution in [1.29, 1.82) is 0 Å². The first-order valence-corrected chi connectivity index (χ1v) is 32.1. The number of hydrogen-bond donors (Lipinski definition) is 8. The number of rotatable bonds is 5. The molecule has 13 heteroatoms. The third-order valence-corrected chi connectivity index (χ3v) is 22.0. The maximum Gasteiger partial charge on any atom is 0.737 e. The maximum atomic E-state index is 19.0. The van der Waals surface area contributed by atoms with Crippen molar-refractivity contribution in [2.24, 2.45) is 0 Å². The zero-order chi connectivity index (χ0) is 64.0. The van der Waals surface area contributed by atoms with Gasteiger partial charge in [-0.3, -0.25) is 0 Å². The van der Waals surface area contributed by atoms with Gasteiger partial charge < -0.3 is 57.5 Å². The topological polar surface area (TPSA) is 134 Å². The quantitative estimate of drug-likeness (QED) is 0.0780. The summed E-state index contributed by atoms with van der Waals surface area (Å²) in [6.45, 7) is 35.4. The number of allylic oxidation sites excluding steroid dienone is 3. The lowest BCUT2D eigenvalue weighted by atomic mass is 9.83. The Morgan fingerprint density at radius 1 is 0.378 bits per heavy atom. The number of aryl methyl sites for hydroxylation is 1. The molecule has 14 rings (SSSR count). The molecular weight excluding hydrogens is 1110 g/mol. The lowest BCUT2D eigenvalue weighted by Crippen LogP contribution is -2.51. The van der Waals surface area contributed by atoms with E-state index in [1.54, 1.807) is 0 Å². The van der Waals surface area contributed by atoms with Crippen molar-refractivity contribution in [2.45, 2.75) is 168 Å². The van der Waals surface area contributed by atoms with E-state index in [0.717, 1.165) is 125 Å². The van der Waals surface area contributed by atoms with Crippen molar-refractivity contribution < 1.29 is 13.1 Å². The van der Waals surface area contributed by atoms with Gasteiger partial charge in [-0.05, 0) is 250 Å². The van der Waals surface area contributed by atoms with Gasteiger partial charge in [-0.2, -0.15) is 0 Å². The Morgan fingerprint density at radius 2 is 0.700 bits per heavy atom. The van der Waals surface area contributed by atoms with Gasteiger partial charge >= 0.3 is 6.97 Å². The van der Waals surface area contributed by atoms with Crippen LogP contribution in [0.25, 0.3) is 23.8 Å². The summed E-state index contributed by atoms with van der Waals surface area (Å²) in [4.78, 5) is 31.1. The van der Waals surface area contributed by atoms with Crippen LogP contribution in [0, 0.1) is 6.92 Å². The van der Waals surface area contributed by atoms with Crippen molar-refractivity contribution in [3.63, 3.8) is 0 Å². The van der Waals surface area contributed by atoms with Gasteiger partial charge in [-0.1, -0.05) is 36.4 Å². The zero-order valence-corrected chi connectivity index (χ0v) is 55.7. The van der Waals surface area contributed by atoms with E-state index in [1.165, 1.54) is 8.96 Å². The second kappa shape index (κ2) is 19.2. The number of H-pyrrole nitrogens is 8. The zero-order valence-electron chi connectivity index (χ0n) is 55.7. The Hall–Kier alpha value is -8.71. The summed E-state index contributed by atoms with van der Waals surface area (Å²) >= 11 is 0. The second-order valence-electron chi connectivity index (χ2n) is 30.7. The van der Waals surface area contributed by atoms with Gasteiger partial charge in [0.05, 0.1) is 5.57 Å². The first kappa shape index (κ1) is 58.9. The minimum atomic E-state index is -4.52. The molecule has 13 heterocycles. The van der Waals surface area contributed by atoms with Gasteiger partial charge in [0, 0.05) is 164 Å². The molecule has 4 aliphatic heterocycles. The van der Waals surface area contributed by atoms with Crippen LogP contribution in [0.5, 0.6) is 0 Å². The van der Waals surface area contributed by atoms with Gasteiger partial charge in [0.1, 0.15) is 0 Å². The highest BCUT2D eigenvalue weighted by Crippen LogP contribution is 2.48. The highest BCUT2D eigenvalue weighted by Gasteiger charge is 2.56. The molecule has 0 aliphatic carbocycles. The number of hydrogen-bond acceptors (Lipinski definition) is 0. The predicted octanol–water partition coefficient (Wildman–Crippen LogP) is 17.9. The number of nitrogens with one attached hydrogen (secondary N) is 8. The maximum absolute atomic E-state index is 19.0. The van der Waals surface area contributed by atoms with Crippen LogP contribution in [0.3, 0.4) is 0 Å². The molecule has 0 amide bonds. The smallest absolute Gasteiger partial charge is 0.390 e. The molecule has 9 aromatic heterocycles. The van der Waals surface area contributed by atoms with E-state index < -0.39 is 28.6 Å². The predicted molar refractivity (Wildman–Crippen MR) is 365 cm³/mol. The Kier molecular flexibility index (Phi) is 12.6. The van der Waals surface area contributed by atoms with Crippen LogP contribution in [-0.4, -0.2) is 61.5 Å². The van der Waals surface area contributed by atoms with Crippen LogP contribution >= 0.6 is 0 Å². The molecule has 0 fully saturated rings. The molecule has 10 nitrogen and oxygen atoms in total. The molecule has 0 saturated carbocycles. The van der Waals surface area contributed by atoms with Crippen molar-refractivity contribution in [2.75, 3.05) is 0 Å². The van der Waals surface area contributed by atoms with E-state index in [-0.39, 0.29) is 21.7 Å². The molecule has 8 N–H and O–H groups in total. The second-order valence-corrected chi connectivity index (χ2v) is 30.7. The summed E-state index contributed by atoms with van der Waals surface area (Å²) in [5.41, 5.74) is 20.4.